The van der Waals surface area contributed by atoms with E-state index in [0.717, 1.165) is 22.2 Å². The van der Waals surface area contributed by atoms with Crippen LogP contribution in [0.3, 0.4) is 0 Å². The van der Waals surface area contributed by atoms with Crippen molar-refractivity contribution in [2.75, 3.05) is 0 Å². The molecule has 6 heteroatoms. The highest BCUT2D eigenvalue weighted by Gasteiger charge is 2.35. The lowest BCUT2D eigenvalue weighted by Gasteiger charge is -2.12. The molecule has 0 radical (unpaired) electrons. The number of carbonyl (C=O) groups excluding carboxylic acids is 2. The smallest absolute Gasteiger partial charge is 0.268 e. The highest BCUT2D eigenvalue weighted by Crippen LogP contribution is 2.32. The molecule has 3 rings (SSSR count). The molecule has 0 N–H and O–H groups in total. The molecule has 0 atom stereocenters. The van der Waals surface area contributed by atoms with Gasteiger partial charge in [-0.25, -0.2) is 4.39 Å². The van der Waals surface area contributed by atoms with Gasteiger partial charge in [-0.2, -0.15) is 0 Å². The van der Waals surface area contributed by atoms with E-state index in [0.29, 0.717) is 15.5 Å². The summed E-state index contributed by atoms with van der Waals surface area (Å²) in [6.45, 7) is -0.0804. The summed E-state index contributed by atoms with van der Waals surface area (Å²) in [5.74, 6) is -0.869. The Morgan fingerprint density at radius 2 is 1.80 bits per heavy atom. The number of hydrogen-bond donors (Lipinski definition) is 0. The molecule has 0 saturated carbocycles. The van der Waals surface area contributed by atoms with Crippen molar-refractivity contribution in [2.45, 2.75) is 6.54 Å². The van der Waals surface area contributed by atoms with E-state index < -0.39 is 17.0 Å². The van der Waals surface area contributed by atoms with Gasteiger partial charge in [0.1, 0.15) is 5.82 Å². The van der Waals surface area contributed by atoms with Crippen molar-refractivity contribution in [2.24, 2.45) is 0 Å². The average molecular weight is 374 g/mol. The maximum Gasteiger partial charge on any atom is 0.293 e. The second-order valence-electron chi connectivity index (χ2n) is 5.26. The summed E-state index contributed by atoms with van der Waals surface area (Å²) >= 11 is 6.90. The Balaban J connectivity index is 1.75. The minimum Gasteiger partial charge on any atom is -0.268 e. The van der Waals surface area contributed by atoms with E-state index in [4.69, 9.17) is 11.6 Å². The number of thioether (sulfide) groups is 1. The first-order valence-corrected chi connectivity index (χ1v) is 8.65. The highest BCUT2D eigenvalue weighted by atomic mass is 35.5. The fraction of sp³-hybridized carbons (Fsp3) is 0.0526. The van der Waals surface area contributed by atoms with Crippen molar-refractivity contribution < 1.29 is 14.0 Å². The maximum absolute atomic E-state index is 13.7. The highest BCUT2D eigenvalue weighted by molar-refractivity contribution is 8.18. The Kier molecular flexibility index (Phi) is 5.36. The number of amides is 2. The van der Waals surface area contributed by atoms with Crippen molar-refractivity contribution in [1.29, 1.82) is 0 Å². The number of imide groups is 1. The van der Waals surface area contributed by atoms with Crippen molar-refractivity contribution in [3.05, 3.63) is 87.6 Å². The summed E-state index contributed by atoms with van der Waals surface area (Å²) in [4.78, 5) is 25.8. The van der Waals surface area contributed by atoms with Crippen LogP contribution in [0.15, 0.2) is 65.6 Å². The van der Waals surface area contributed by atoms with Gasteiger partial charge in [0, 0.05) is 10.6 Å². The average Bonchev–Trinajstić information content (AvgIpc) is 2.86. The first-order chi connectivity index (χ1) is 12.1. The first-order valence-electron chi connectivity index (χ1n) is 7.46. The Morgan fingerprint density at radius 1 is 1.08 bits per heavy atom. The summed E-state index contributed by atoms with van der Waals surface area (Å²) in [6.07, 6.45) is 4.99. The third-order valence-corrected chi connectivity index (χ3v) is 4.86. The minimum atomic E-state index is -0.441. The van der Waals surface area contributed by atoms with E-state index in [9.17, 15) is 14.0 Å². The molecule has 2 aromatic carbocycles. The van der Waals surface area contributed by atoms with Crippen LogP contribution in [-0.2, 0) is 11.3 Å². The summed E-state index contributed by atoms with van der Waals surface area (Å²) in [5, 5.41) is 0.186. The molecule has 0 unspecified atom stereocenters. The van der Waals surface area contributed by atoms with Gasteiger partial charge in [0.25, 0.3) is 11.1 Å². The second-order valence-corrected chi connectivity index (χ2v) is 6.66. The molecule has 3 nitrogen and oxygen atoms in total. The van der Waals surface area contributed by atoms with E-state index in [-0.39, 0.29) is 6.54 Å². The van der Waals surface area contributed by atoms with Gasteiger partial charge in [0.15, 0.2) is 0 Å². The standard InChI is InChI=1S/C19H13ClFNO2S/c20-15-9-3-1-6-13(15)8-5-11-17-18(23)22(19(24)25-17)12-14-7-2-4-10-16(14)21/h1-11H,12H2/b8-5+,17-11-. The molecule has 0 spiro atoms. The first kappa shape index (κ1) is 17.5. The van der Waals surface area contributed by atoms with Gasteiger partial charge >= 0.3 is 0 Å². The number of halogens is 2. The monoisotopic (exact) mass is 373 g/mol. The number of carbonyl (C=O) groups is 2. The van der Waals surface area contributed by atoms with Crippen LogP contribution in [0, 0.1) is 5.82 Å². The number of nitrogens with zero attached hydrogens (tertiary/aromatic N) is 1. The van der Waals surface area contributed by atoms with E-state index in [2.05, 4.69) is 0 Å². The lowest BCUT2D eigenvalue weighted by Crippen LogP contribution is -2.27. The summed E-state index contributed by atoms with van der Waals surface area (Å²) in [7, 11) is 0. The molecule has 1 aliphatic heterocycles. The fourth-order valence-electron chi connectivity index (χ4n) is 2.30. The van der Waals surface area contributed by atoms with Crippen LogP contribution in [0.2, 0.25) is 5.02 Å². The zero-order valence-corrected chi connectivity index (χ0v) is 14.6. The molecule has 0 aliphatic carbocycles. The van der Waals surface area contributed by atoms with Gasteiger partial charge in [-0.05, 0) is 35.5 Å². The maximum atomic E-state index is 13.7. The molecular weight excluding hydrogens is 361 g/mol. The molecule has 2 amide bonds. The van der Waals surface area contributed by atoms with Gasteiger partial charge in [0.2, 0.25) is 0 Å². The van der Waals surface area contributed by atoms with Gasteiger partial charge in [-0.15, -0.1) is 0 Å². The molecule has 2 aromatic rings. The summed E-state index contributed by atoms with van der Waals surface area (Å²) in [6, 6.07) is 13.4. The van der Waals surface area contributed by atoms with Gasteiger partial charge in [0.05, 0.1) is 11.4 Å². The predicted molar refractivity (Wildman–Crippen MR) is 98.5 cm³/mol. The quantitative estimate of drug-likeness (QED) is 0.685. The number of allylic oxidation sites excluding steroid dienone is 2. The van der Waals surface area contributed by atoms with Crippen molar-refractivity contribution in [3.63, 3.8) is 0 Å². The van der Waals surface area contributed by atoms with Crippen LogP contribution < -0.4 is 0 Å². The van der Waals surface area contributed by atoms with Crippen LogP contribution in [0.1, 0.15) is 11.1 Å². The molecule has 126 valence electrons. The third-order valence-electron chi connectivity index (χ3n) is 3.59. The van der Waals surface area contributed by atoms with Crippen molar-refractivity contribution >= 4 is 40.6 Å². The van der Waals surface area contributed by atoms with Crippen molar-refractivity contribution in [1.82, 2.24) is 4.90 Å². The van der Waals surface area contributed by atoms with Crippen LogP contribution in [0.4, 0.5) is 9.18 Å². The number of rotatable bonds is 4. The van der Waals surface area contributed by atoms with Gasteiger partial charge in [-0.1, -0.05) is 60.2 Å². The summed E-state index contributed by atoms with van der Waals surface area (Å²) < 4.78 is 13.7. The molecule has 25 heavy (non-hydrogen) atoms. The molecule has 0 aromatic heterocycles. The molecular formula is C19H13ClFNO2S. The van der Waals surface area contributed by atoms with Gasteiger partial charge in [-0.3, -0.25) is 14.5 Å². The molecule has 1 saturated heterocycles. The molecule has 0 bridgehead atoms. The predicted octanol–water partition coefficient (Wildman–Crippen LogP) is 5.27. The zero-order valence-electron chi connectivity index (χ0n) is 13.0. The SMILES string of the molecule is O=C1S/C(=C\C=C\c2ccccc2Cl)C(=O)N1Cc1ccccc1F. The van der Waals surface area contributed by atoms with E-state index >= 15 is 0 Å². The number of hydrogen-bond acceptors (Lipinski definition) is 3. The van der Waals surface area contributed by atoms with Crippen LogP contribution in [0.25, 0.3) is 6.08 Å². The lowest BCUT2D eigenvalue weighted by atomic mass is 10.2. The van der Waals surface area contributed by atoms with Crippen molar-refractivity contribution in [3.8, 4) is 0 Å². The van der Waals surface area contributed by atoms with E-state index in [1.54, 1.807) is 42.5 Å². The Hall–Kier alpha value is -2.37. The Bertz CT molecular complexity index is 894. The second kappa shape index (κ2) is 7.68. The molecule has 1 aliphatic rings. The molecule has 1 heterocycles. The topological polar surface area (TPSA) is 37.4 Å². The van der Waals surface area contributed by atoms with Crippen LogP contribution >= 0.6 is 23.4 Å². The van der Waals surface area contributed by atoms with Crippen LogP contribution in [-0.4, -0.2) is 16.0 Å². The number of benzene rings is 2. The minimum absolute atomic E-state index is 0.0804. The Morgan fingerprint density at radius 3 is 2.56 bits per heavy atom. The van der Waals surface area contributed by atoms with E-state index in [1.807, 2.05) is 18.2 Å². The van der Waals surface area contributed by atoms with E-state index in [1.165, 1.54) is 6.07 Å². The lowest BCUT2D eigenvalue weighted by molar-refractivity contribution is -0.123. The normalized spacial score (nSPS) is 16.4. The molecule has 1 fully saturated rings. The zero-order chi connectivity index (χ0) is 17.8. The Labute approximate surface area is 153 Å². The van der Waals surface area contributed by atoms with Gasteiger partial charge < -0.3 is 0 Å². The third kappa shape index (κ3) is 4.00. The largest absolute Gasteiger partial charge is 0.293 e. The fourth-order valence-corrected chi connectivity index (χ4v) is 3.29. The van der Waals surface area contributed by atoms with Crippen LogP contribution in [0.5, 0.6) is 0 Å². The summed E-state index contributed by atoms with van der Waals surface area (Å²) in [5.41, 5.74) is 1.11.